The molecular weight excluding hydrogens is 368 g/mol. The van der Waals surface area contributed by atoms with E-state index in [2.05, 4.69) is 34.6 Å². The van der Waals surface area contributed by atoms with Crippen LogP contribution in [0, 0.1) is 24.2 Å². The first-order valence-corrected chi connectivity index (χ1v) is 9.54. The van der Waals surface area contributed by atoms with E-state index < -0.39 is 0 Å². The molecule has 0 bridgehead atoms. The van der Waals surface area contributed by atoms with E-state index in [1.165, 1.54) is 11.5 Å². The Hall–Kier alpha value is -2.10. The number of hydrogen-bond donors (Lipinski definition) is 1. The van der Waals surface area contributed by atoms with Crippen molar-refractivity contribution in [2.45, 2.75) is 40.5 Å². The zero-order chi connectivity index (χ0) is 19.4. The fourth-order valence-corrected chi connectivity index (χ4v) is 3.47. The first-order chi connectivity index (χ1) is 12.3. The van der Waals surface area contributed by atoms with E-state index >= 15 is 0 Å². The predicted molar refractivity (Wildman–Crippen MR) is 109 cm³/mol. The fourth-order valence-electron chi connectivity index (χ4n) is 2.42. The summed E-state index contributed by atoms with van der Waals surface area (Å²) in [6.45, 7) is 10.1. The Morgan fingerprint density at radius 2 is 2.04 bits per heavy atom. The molecule has 1 aromatic carbocycles. The SMILES string of the molecule is CN=C(Nc1cc(Cl)c(Oc2snc(C(C)C)c2C#N)cc1C)C(C)C. The average Bonchev–Trinajstić information content (AvgIpc) is 2.99. The number of aromatic nitrogens is 1. The van der Waals surface area contributed by atoms with Gasteiger partial charge in [-0.3, -0.25) is 4.99 Å². The molecular formula is C19H23ClN4OS. The molecule has 0 aliphatic rings. The third-order valence-corrected chi connectivity index (χ3v) is 4.91. The van der Waals surface area contributed by atoms with E-state index in [1.807, 2.05) is 32.9 Å². The summed E-state index contributed by atoms with van der Waals surface area (Å²) >= 11 is 7.59. The molecule has 0 atom stereocenters. The van der Waals surface area contributed by atoms with Crippen molar-refractivity contribution in [2.75, 3.05) is 12.4 Å². The molecule has 2 rings (SSSR count). The molecule has 0 spiro atoms. The molecule has 2 aromatic rings. The first-order valence-electron chi connectivity index (χ1n) is 8.39. The number of nitrogens with one attached hydrogen (secondary N) is 1. The number of hydrogen-bond acceptors (Lipinski definition) is 5. The quantitative estimate of drug-likeness (QED) is 0.502. The Bertz CT molecular complexity index is 865. The number of nitrogens with zero attached hydrogens (tertiary/aromatic N) is 3. The van der Waals surface area contributed by atoms with Gasteiger partial charge in [0.1, 0.15) is 23.2 Å². The van der Waals surface area contributed by atoms with Gasteiger partial charge in [-0.1, -0.05) is 39.3 Å². The van der Waals surface area contributed by atoms with Crippen molar-refractivity contribution in [1.82, 2.24) is 4.37 Å². The summed E-state index contributed by atoms with van der Waals surface area (Å²) in [4.78, 5) is 4.27. The molecule has 0 saturated carbocycles. The van der Waals surface area contributed by atoms with Gasteiger partial charge in [-0.2, -0.15) is 9.64 Å². The second-order valence-corrected chi connectivity index (χ2v) is 7.73. The minimum Gasteiger partial charge on any atom is -0.442 e. The van der Waals surface area contributed by atoms with Crippen LogP contribution in [0.2, 0.25) is 5.02 Å². The first kappa shape index (κ1) is 20.2. The summed E-state index contributed by atoms with van der Waals surface area (Å²) in [5.74, 6) is 1.82. The number of rotatable bonds is 5. The monoisotopic (exact) mass is 390 g/mol. The summed E-state index contributed by atoms with van der Waals surface area (Å²) in [5.41, 5.74) is 3.07. The third kappa shape index (κ3) is 4.35. The molecule has 5 nitrogen and oxygen atoms in total. The van der Waals surface area contributed by atoms with Gasteiger partial charge in [0.25, 0.3) is 0 Å². The molecule has 0 radical (unpaired) electrons. The van der Waals surface area contributed by atoms with Crippen LogP contribution in [0.4, 0.5) is 5.69 Å². The van der Waals surface area contributed by atoms with Crippen LogP contribution >= 0.6 is 23.1 Å². The average molecular weight is 391 g/mol. The number of amidine groups is 1. The fraction of sp³-hybridized carbons (Fsp3) is 0.421. The van der Waals surface area contributed by atoms with Crippen molar-refractivity contribution < 1.29 is 4.74 Å². The second-order valence-electron chi connectivity index (χ2n) is 6.58. The van der Waals surface area contributed by atoms with Crippen LogP contribution in [0.3, 0.4) is 0 Å². The second kappa shape index (κ2) is 8.52. The van der Waals surface area contributed by atoms with Crippen LogP contribution in [0.5, 0.6) is 10.8 Å². The number of anilines is 1. The van der Waals surface area contributed by atoms with Gasteiger partial charge in [0.05, 0.1) is 10.7 Å². The molecule has 0 amide bonds. The van der Waals surface area contributed by atoms with Crippen molar-refractivity contribution in [1.29, 1.82) is 5.26 Å². The van der Waals surface area contributed by atoms with Crippen molar-refractivity contribution in [2.24, 2.45) is 10.9 Å². The van der Waals surface area contributed by atoms with Gasteiger partial charge in [0.15, 0.2) is 0 Å². The molecule has 0 fully saturated rings. The lowest BCUT2D eigenvalue weighted by atomic mass is 10.1. The number of ether oxygens (including phenoxy) is 1. The van der Waals surface area contributed by atoms with Crippen molar-refractivity contribution >= 4 is 34.7 Å². The van der Waals surface area contributed by atoms with E-state index in [1.54, 1.807) is 7.05 Å². The standard InChI is InChI=1S/C19H23ClN4OS/c1-10(2)17-13(9-21)19(26-24-17)25-16-7-12(5)15(8-14(16)20)23-18(22-6)11(3)4/h7-8,10-11H,1-6H3,(H,22,23). The summed E-state index contributed by atoms with van der Waals surface area (Å²) in [6, 6.07) is 5.86. The smallest absolute Gasteiger partial charge is 0.218 e. The highest BCUT2D eigenvalue weighted by Gasteiger charge is 2.19. The van der Waals surface area contributed by atoms with Gasteiger partial charge in [-0.05, 0) is 30.5 Å². The van der Waals surface area contributed by atoms with Crippen LogP contribution in [-0.4, -0.2) is 17.3 Å². The molecule has 0 aliphatic carbocycles. The summed E-state index contributed by atoms with van der Waals surface area (Å²) in [7, 11) is 1.76. The minimum atomic E-state index is 0.157. The number of halogens is 1. The zero-order valence-electron chi connectivity index (χ0n) is 15.8. The molecule has 138 valence electrons. The van der Waals surface area contributed by atoms with Gasteiger partial charge < -0.3 is 10.1 Å². The van der Waals surface area contributed by atoms with E-state index in [0.29, 0.717) is 21.4 Å². The number of aryl methyl sites for hydroxylation is 1. The molecule has 7 heteroatoms. The molecule has 0 unspecified atom stereocenters. The Labute approximate surface area is 163 Å². The van der Waals surface area contributed by atoms with E-state index in [9.17, 15) is 5.26 Å². The molecule has 0 saturated heterocycles. The van der Waals surface area contributed by atoms with Crippen molar-refractivity contribution in [3.8, 4) is 16.9 Å². The van der Waals surface area contributed by atoms with Gasteiger partial charge >= 0.3 is 0 Å². The van der Waals surface area contributed by atoms with E-state index in [0.717, 1.165) is 22.8 Å². The lowest BCUT2D eigenvalue weighted by Gasteiger charge is -2.16. The molecule has 1 aromatic heterocycles. The van der Waals surface area contributed by atoms with Crippen molar-refractivity contribution in [3.05, 3.63) is 34.0 Å². The molecule has 1 heterocycles. The molecule has 1 N–H and O–H groups in total. The van der Waals surface area contributed by atoms with E-state index in [4.69, 9.17) is 16.3 Å². The minimum absolute atomic E-state index is 0.157. The topological polar surface area (TPSA) is 70.3 Å². The Balaban J connectivity index is 2.33. The normalized spacial score (nSPS) is 11.8. The maximum atomic E-state index is 9.44. The Kier molecular flexibility index (Phi) is 6.63. The summed E-state index contributed by atoms with van der Waals surface area (Å²) < 4.78 is 10.3. The van der Waals surface area contributed by atoms with Crippen LogP contribution < -0.4 is 10.1 Å². The Morgan fingerprint density at radius 3 is 2.58 bits per heavy atom. The lowest BCUT2D eigenvalue weighted by Crippen LogP contribution is -2.19. The molecule has 0 aliphatic heterocycles. The largest absolute Gasteiger partial charge is 0.442 e. The number of nitriles is 1. The highest BCUT2D eigenvalue weighted by Crippen LogP contribution is 2.39. The van der Waals surface area contributed by atoms with Gasteiger partial charge in [-0.15, -0.1) is 0 Å². The third-order valence-electron chi connectivity index (χ3n) is 3.88. The van der Waals surface area contributed by atoms with Crippen molar-refractivity contribution in [3.63, 3.8) is 0 Å². The summed E-state index contributed by atoms with van der Waals surface area (Å²) in [5, 5.41) is 13.7. The lowest BCUT2D eigenvalue weighted by molar-refractivity contribution is 0.494. The summed E-state index contributed by atoms with van der Waals surface area (Å²) in [6.07, 6.45) is 0. The van der Waals surface area contributed by atoms with Crippen LogP contribution in [0.1, 0.15) is 50.4 Å². The number of benzene rings is 1. The van der Waals surface area contributed by atoms with Gasteiger partial charge in [0.2, 0.25) is 5.06 Å². The van der Waals surface area contributed by atoms with Crippen LogP contribution in [0.15, 0.2) is 17.1 Å². The zero-order valence-corrected chi connectivity index (χ0v) is 17.4. The van der Waals surface area contributed by atoms with Gasteiger partial charge in [0, 0.05) is 30.2 Å². The maximum absolute atomic E-state index is 9.44. The van der Waals surface area contributed by atoms with Gasteiger partial charge in [-0.25, -0.2) is 0 Å². The maximum Gasteiger partial charge on any atom is 0.218 e. The van der Waals surface area contributed by atoms with Crippen LogP contribution in [0.25, 0.3) is 0 Å². The Morgan fingerprint density at radius 1 is 1.35 bits per heavy atom. The predicted octanol–water partition coefficient (Wildman–Crippen LogP) is 5.99. The number of aliphatic imine (C=N–C) groups is 1. The van der Waals surface area contributed by atoms with Crippen LogP contribution in [-0.2, 0) is 0 Å². The molecule has 26 heavy (non-hydrogen) atoms. The van der Waals surface area contributed by atoms with E-state index in [-0.39, 0.29) is 11.8 Å². The highest BCUT2D eigenvalue weighted by molar-refractivity contribution is 7.08. The highest BCUT2D eigenvalue weighted by atomic mass is 35.5.